The van der Waals surface area contributed by atoms with Crippen LogP contribution in [0.5, 0.6) is 5.75 Å². The summed E-state index contributed by atoms with van der Waals surface area (Å²) in [6.07, 6.45) is 2.03. The largest absolute Gasteiger partial charge is 0.497 e. The molecular formula is C17H24N2OS. The number of nitrogens with zero attached hydrogens (tertiary/aromatic N) is 1. The third kappa shape index (κ3) is 3.63. The Hall–Kier alpha value is -1.39. The van der Waals surface area contributed by atoms with Crippen LogP contribution in [0.4, 0.5) is 0 Å². The van der Waals surface area contributed by atoms with Gasteiger partial charge in [-0.1, -0.05) is 12.1 Å². The number of aromatic nitrogens is 1. The molecule has 2 aromatic rings. The van der Waals surface area contributed by atoms with Gasteiger partial charge >= 0.3 is 0 Å². The van der Waals surface area contributed by atoms with Crippen molar-refractivity contribution in [3.8, 4) is 5.75 Å². The molecule has 1 atom stereocenters. The molecule has 1 N–H and O–H groups in total. The first-order valence-electron chi connectivity index (χ1n) is 7.25. The zero-order valence-corrected chi connectivity index (χ0v) is 14.3. The van der Waals surface area contributed by atoms with Crippen molar-refractivity contribution in [2.75, 3.05) is 14.2 Å². The molecule has 0 fully saturated rings. The molecule has 0 aliphatic rings. The molecule has 1 aromatic heterocycles. The molecule has 1 aromatic carbocycles. The van der Waals surface area contributed by atoms with Gasteiger partial charge in [-0.3, -0.25) is 0 Å². The molecular weight excluding hydrogens is 280 g/mol. The van der Waals surface area contributed by atoms with Crippen molar-refractivity contribution in [1.29, 1.82) is 0 Å². The molecule has 0 aliphatic heterocycles. The standard InChI is InChI=1S/C17H24N2OS/c1-12-13(2)21-16(19-12)17(3,18-4)11-10-14-6-8-15(20-5)9-7-14/h6-9,18H,10-11H2,1-5H3. The van der Waals surface area contributed by atoms with E-state index in [-0.39, 0.29) is 5.54 Å². The molecule has 0 bridgehead atoms. The molecule has 0 radical (unpaired) electrons. The quantitative estimate of drug-likeness (QED) is 0.880. The second-order valence-corrected chi connectivity index (χ2v) is 6.79. The van der Waals surface area contributed by atoms with Crippen LogP contribution in [0.3, 0.4) is 0 Å². The number of thiazole rings is 1. The summed E-state index contributed by atoms with van der Waals surface area (Å²) in [7, 11) is 3.71. The van der Waals surface area contributed by atoms with Crippen LogP contribution in [0.1, 0.15) is 34.5 Å². The Balaban J connectivity index is 2.10. The van der Waals surface area contributed by atoms with Crippen molar-refractivity contribution in [1.82, 2.24) is 10.3 Å². The van der Waals surface area contributed by atoms with Gasteiger partial charge in [0, 0.05) is 4.88 Å². The fourth-order valence-corrected chi connectivity index (χ4v) is 3.33. The van der Waals surface area contributed by atoms with Crippen molar-refractivity contribution >= 4 is 11.3 Å². The first-order valence-corrected chi connectivity index (χ1v) is 8.06. The van der Waals surface area contributed by atoms with E-state index in [4.69, 9.17) is 9.72 Å². The van der Waals surface area contributed by atoms with Crippen molar-refractivity contribution in [3.05, 3.63) is 45.4 Å². The Bertz CT molecular complexity index is 572. The number of ether oxygens (including phenoxy) is 1. The fraction of sp³-hybridized carbons (Fsp3) is 0.471. The van der Waals surface area contributed by atoms with Crippen LogP contribution in [0.2, 0.25) is 0 Å². The van der Waals surface area contributed by atoms with Gasteiger partial charge in [0.05, 0.1) is 18.3 Å². The Kier molecular flexibility index (Phi) is 5.01. The van der Waals surface area contributed by atoms with Gasteiger partial charge < -0.3 is 10.1 Å². The van der Waals surface area contributed by atoms with Gasteiger partial charge in [-0.15, -0.1) is 11.3 Å². The summed E-state index contributed by atoms with van der Waals surface area (Å²) in [5, 5.41) is 4.63. The molecule has 4 heteroatoms. The van der Waals surface area contributed by atoms with Crippen LogP contribution in [0, 0.1) is 13.8 Å². The van der Waals surface area contributed by atoms with Gasteiger partial charge in [0.15, 0.2) is 0 Å². The number of methoxy groups -OCH3 is 1. The summed E-state index contributed by atoms with van der Waals surface area (Å²) in [6.45, 7) is 6.44. The van der Waals surface area contributed by atoms with E-state index >= 15 is 0 Å². The highest BCUT2D eigenvalue weighted by atomic mass is 32.1. The topological polar surface area (TPSA) is 34.1 Å². The lowest BCUT2D eigenvalue weighted by Crippen LogP contribution is -2.37. The van der Waals surface area contributed by atoms with Gasteiger partial charge in [0.25, 0.3) is 0 Å². The lowest BCUT2D eigenvalue weighted by molar-refractivity contribution is 0.367. The second kappa shape index (κ2) is 6.58. The van der Waals surface area contributed by atoms with E-state index in [0.29, 0.717) is 0 Å². The molecule has 114 valence electrons. The van der Waals surface area contributed by atoms with Crippen molar-refractivity contribution in [2.24, 2.45) is 0 Å². The normalized spacial score (nSPS) is 14.0. The predicted molar refractivity (Wildman–Crippen MR) is 89.3 cm³/mol. The predicted octanol–water partition coefficient (Wildman–Crippen LogP) is 3.84. The maximum atomic E-state index is 5.20. The first-order chi connectivity index (χ1) is 9.98. The molecule has 1 unspecified atom stereocenters. The van der Waals surface area contributed by atoms with Gasteiger partial charge in [0.1, 0.15) is 10.8 Å². The van der Waals surface area contributed by atoms with Gasteiger partial charge in [-0.05, 0) is 58.4 Å². The molecule has 1 heterocycles. The third-order valence-electron chi connectivity index (χ3n) is 4.13. The van der Waals surface area contributed by atoms with Crippen LogP contribution < -0.4 is 10.1 Å². The van der Waals surface area contributed by atoms with Crippen LogP contribution in [-0.2, 0) is 12.0 Å². The molecule has 0 aliphatic carbocycles. The second-order valence-electron chi connectivity index (χ2n) is 5.59. The maximum absolute atomic E-state index is 5.20. The summed E-state index contributed by atoms with van der Waals surface area (Å²) >= 11 is 1.79. The number of hydrogen-bond acceptors (Lipinski definition) is 4. The maximum Gasteiger partial charge on any atom is 0.118 e. The van der Waals surface area contributed by atoms with E-state index in [0.717, 1.165) is 24.3 Å². The monoisotopic (exact) mass is 304 g/mol. The van der Waals surface area contributed by atoms with E-state index in [9.17, 15) is 0 Å². The SMILES string of the molecule is CNC(C)(CCc1ccc(OC)cc1)c1nc(C)c(C)s1. The fourth-order valence-electron chi connectivity index (χ4n) is 2.23. The Labute approximate surface area is 131 Å². The summed E-state index contributed by atoms with van der Waals surface area (Å²) in [5.41, 5.74) is 2.38. The van der Waals surface area contributed by atoms with Gasteiger partial charge in [-0.25, -0.2) is 4.98 Å². The van der Waals surface area contributed by atoms with Crippen LogP contribution in [0.25, 0.3) is 0 Å². The average molecular weight is 304 g/mol. The zero-order chi connectivity index (χ0) is 15.5. The number of benzene rings is 1. The van der Waals surface area contributed by atoms with Crippen molar-refractivity contribution in [2.45, 2.75) is 39.2 Å². The molecule has 21 heavy (non-hydrogen) atoms. The van der Waals surface area contributed by atoms with E-state index in [2.05, 4.69) is 38.2 Å². The summed E-state index contributed by atoms with van der Waals surface area (Å²) < 4.78 is 5.20. The summed E-state index contributed by atoms with van der Waals surface area (Å²) in [6, 6.07) is 8.30. The van der Waals surface area contributed by atoms with E-state index < -0.39 is 0 Å². The minimum absolute atomic E-state index is 0.0797. The highest BCUT2D eigenvalue weighted by Crippen LogP contribution is 2.31. The van der Waals surface area contributed by atoms with Gasteiger partial charge in [-0.2, -0.15) is 0 Å². The zero-order valence-electron chi connectivity index (χ0n) is 13.5. The minimum atomic E-state index is -0.0797. The van der Waals surface area contributed by atoms with Crippen molar-refractivity contribution < 1.29 is 4.74 Å². The van der Waals surface area contributed by atoms with E-state index in [1.807, 2.05) is 19.2 Å². The molecule has 2 rings (SSSR count). The summed E-state index contributed by atoms with van der Waals surface area (Å²) in [5.74, 6) is 0.904. The van der Waals surface area contributed by atoms with E-state index in [1.165, 1.54) is 15.4 Å². The highest BCUT2D eigenvalue weighted by molar-refractivity contribution is 7.11. The van der Waals surface area contributed by atoms with Crippen LogP contribution in [-0.4, -0.2) is 19.1 Å². The molecule has 3 nitrogen and oxygen atoms in total. The summed E-state index contributed by atoms with van der Waals surface area (Å²) in [4.78, 5) is 6.03. The number of aryl methyl sites for hydroxylation is 3. The van der Waals surface area contributed by atoms with E-state index in [1.54, 1.807) is 18.4 Å². The first kappa shape index (κ1) is 16.0. The highest BCUT2D eigenvalue weighted by Gasteiger charge is 2.28. The number of hydrogen-bond donors (Lipinski definition) is 1. The number of rotatable bonds is 6. The Morgan fingerprint density at radius 3 is 2.38 bits per heavy atom. The Morgan fingerprint density at radius 1 is 1.24 bits per heavy atom. The lowest BCUT2D eigenvalue weighted by Gasteiger charge is -2.27. The number of nitrogens with one attached hydrogen (secondary N) is 1. The third-order valence-corrected chi connectivity index (χ3v) is 5.46. The van der Waals surface area contributed by atoms with Crippen LogP contribution in [0.15, 0.2) is 24.3 Å². The Morgan fingerprint density at radius 2 is 1.90 bits per heavy atom. The minimum Gasteiger partial charge on any atom is -0.497 e. The van der Waals surface area contributed by atoms with Crippen LogP contribution >= 0.6 is 11.3 Å². The van der Waals surface area contributed by atoms with Gasteiger partial charge in [0.2, 0.25) is 0 Å². The lowest BCUT2D eigenvalue weighted by atomic mass is 9.94. The molecule has 0 saturated carbocycles. The molecule has 0 amide bonds. The van der Waals surface area contributed by atoms with Crippen molar-refractivity contribution in [3.63, 3.8) is 0 Å². The smallest absolute Gasteiger partial charge is 0.118 e. The average Bonchev–Trinajstić information content (AvgIpc) is 2.85. The molecule has 0 saturated heterocycles. The molecule has 0 spiro atoms.